The number of rotatable bonds is 8. The molecule has 1 aliphatic carbocycles. The predicted molar refractivity (Wildman–Crippen MR) is 95.1 cm³/mol. The highest BCUT2D eigenvalue weighted by molar-refractivity contribution is 5.92. The van der Waals surface area contributed by atoms with Gasteiger partial charge in [-0.05, 0) is 42.9 Å². The number of carboxylic acids is 1. The van der Waals surface area contributed by atoms with Crippen molar-refractivity contribution in [1.29, 1.82) is 0 Å². The topological polar surface area (TPSA) is 78.4 Å². The number of benzene rings is 1. The average molecular weight is 330 g/mol. The minimum absolute atomic E-state index is 0.0464. The molecule has 3 N–H and O–H groups in total. The minimum Gasteiger partial charge on any atom is -0.480 e. The van der Waals surface area contributed by atoms with Crippen molar-refractivity contribution in [3.63, 3.8) is 0 Å². The summed E-state index contributed by atoms with van der Waals surface area (Å²) in [5.74, 6) is -0.601. The first-order valence-corrected chi connectivity index (χ1v) is 8.57. The summed E-state index contributed by atoms with van der Waals surface area (Å²) in [5.41, 5.74) is 2.07. The highest BCUT2D eigenvalue weighted by Crippen LogP contribution is 2.32. The Labute approximate surface area is 143 Å². The van der Waals surface area contributed by atoms with Crippen molar-refractivity contribution in [3.05, 3.63) is 42.5 Å². The molecule has 1 amide bonds. The second-order valence-corrected chi connectivity index (χ2v) is 6.30. The molecule has 1 atom stereocenters. The fourth-order valence-corrected chi connectivity index (χ4v) is 3.13. The molecule has 0 aliphatic heterocycles. The summed E-state index contributed by atoms with van der Waals surface area (Å²) in [6.07, 6.45) is 8.22. The third kappa shape index (κ3) is 5.49. The maximum absolute atomic E-state index is 11.9. The molecule has 130 valence electrons. The van der Waals surface area contributed by atoms with Crippen molar-refractivity contribution < 1.29 is 14.7 Å². The van der Waals surface area contributed by atoms with Crippen molar-refractivity contribution in [2.24, 2.45) is 0 Å². The average Bonchev–Trinajstić information content (AvgIpc) is 2.60. The van der Waals surface area contributed by atoms with Gasteiger partial charge in [-0.25, -0.2) is 0 Å². The number of hydrogen-bond acceptors (Lipinski definition) is 3. The lowest BCUT2D eigenvalue weighted by Gasteiger charge is -2.22. The predicted octanol–water partition coefficient (Wildman–Crippen LogP) is 3.29. The van der Waals surface area contributed by atoms with Crippen LogP contribution in [-0.4, -0.2) is 29.6 Å². The van der Waals surface area contributed by atoms with Crippen LogP contribution in [0.15, 0.2) is 36.9 Å². The van der Waals surface area contributed by atoms with E-state index in [1.54, 1.807) is 0 Å². The van der Waals surface area contributed by atoms with E-state index in [4.69, 9.17) is 5.11 Å². The van der Waals surface area contributed by atoms with Crippen LogP contribution in [0, 0.1) is 0 Å². The van der Waals surface area contributed by atoms with Crippen molar-refractivity contribution in [1.82, 2.24) is 5.32 Å². The lowest BCUT2D eigenvalue weighted by atomic mass is 9.84. The van der Waals surface area contributed by atoms with E-state index in [9.17, 15) is 9.59 Å². The fourth-order valence-electron chi connectivity index (χ4n) is 3.13. The van der Waals surface area contributed by atoms with Gasteiger partial charge in [0.15, 0.2) is 0 Å². The van der Waals surface area contributed by atoms with Gasteiger partial charge in [0.1, 0.15) is 6.04 Å². The number of amides is 1. The highest BCUT2D eigenvalue weighted by Gasteiger charge is 2.17. The molecule has 0 spiro atoms. The van der Waals surface area contributed by atoms with E-state index in [1.807, 2.05) is 12.1 Å². The highest BCUT2D eigenvalue weighted by atomic mass is 16.4. The smallest absolute Gasteiger partial charge is 0.321 e. The molecule has 1 aromatic rings. The maximum Gasteiger partial charge on any atom is 0.321 e. The van der Waals surface area contributed by atoms with E-state index in [0.717, 1.165) is 5.69 Å². The zero-order chi connectivity index (χ0) is 17.4. The van der Waals surface area contributed by atoms with Gasteiger partial charge >= 0.3 is 5.97 Å². The SMILES string of the molecule is C=CCC(NCC(=O)Nc1ccc(C2CCCCC2)cc1)C(=O)O. The molecule has 0 bridgehead atoms. The molecule has 1 unspecified atom stereocenters. The lowest BCUT2D eigenvalue weighted by molar-refractivity contribution is -0.139. The molecule has 24 heavy (non-hydrogen) atoms. The Bertz CT molecular complexity index is 562. The quantitative estimate of drug-likeness (QED) is 0.639. The summed E-state index contributed by atoms with van der Waals surface area (Å²) < 4.78 is 0. The number of hydrogen-bond donors (Lipinski definition) is 3. The van der Waals surface area contributed by atoms with E-state index in [1.165, 1.54) is 43.7 Å². The molecule has 0 aromatic heterocycles. The van der Waals surface area contributed by atoms with Crippen LogP contribution in [0.4, 0.5) is 5.69 Å². The zero-order valence-corrected chi connectivity index (χ0v) is 14.0. The molecule has 2 rings (SSSR count). The summed E-state index contributed by atoms with van der Waals surface area (Å²) in [6.45, 7) is 3.47. The number of carbonyl (C=O) groups is 2. The van der Waals surface area contributed by atoms with Gasteiger partial charge in [0.2, 0.25) is 5.91 Å². The number of nitrogens with one attached hydrogen (secondary N) is 2. The van der Waals surface area contributed by atoms with Crippen LogP contribution in [0.3, 0.4) is 0 Å². The van der Waals surface area contributed by atoms with Gasteiger partial charge in [-0.15, -0.1) is 6.58 Å². The van der Waals surface area contributed by atoms with Crippen molar-refractivity contribution in [3.8, 4) is 0 Å². The third-order valence-corrected chi connectivity index (χ3v) is 4.48. The Kier molecular flexibility index (Phi) is 7.00. The number of aliphatic carboxylic acids is 1. The third-order valence-electron chi connectivity index (χ3n) is 4.48. The zero-order valence-electron chi connectivity index (χ0n) is 14.0. The summed E-state index contributed by atoms with van der Waals surface area (Å²) >= 11 is 0. The van der Waals surface area contributed by atoms with Gasteiger partial charge in [0.25, 0.3) is 0 Å². The second kappa shape index (κ2) is 9.23. The molecule has 1 saturated carbocycles. The van der Waals surface area contributed by atoms with Gasteiger partial charge in [0, 0.05) is 5.69 Å². The monoisotopic (exact) mass is 330 g/mol. The lowest BCUT2D eigenvalue weighted by Crippen LogP contribution is -2.40. The molecular formula is C19H26N2O3. The van der Waals surface area contributed by atoms with E-state index >= 15 is 0 Å². The van der Waals surface area contributed by atoms with Crippen LogP contribution in [-0.2, 0) is 9.59 Å². The summed E-state index contributed by atoms with van der Waals surface area (Å²) in [6, 6.07) is 7.20. The van der Waals surface area contributed by atoms with Gasteiger partial charge in [-0.2, -0.15) is 0 Å². The molecular weight excluding hydrogens is 304 g/mol. The first-order chi connectivity index (χ1) is 11.6. The first-order valence-electron chi connectivity index (χ1n) is 8.57. The largest absolute Gasteiger partial charge is 0.480 e. The van der Waals surface area contributed by atoms with E-state index in [2.05, 4.69) is 29.3 Å². The van der Waals surface area contributed by atoms with Gasteiger partial charge < -0.3 is 10.4 Å². The van der Waals surface area contributed by atoms with Crippen LogP contribution in [0.1, 0.15) is 50.0 Å². The van der Waals surface area contributed by atoms with Crippen molar-refractivity contribution in [2.45, 2.75) is 50.5 Å². The number of carboxylic acid groups (broad SMARTS) is 1. The summed E-state index contributed by atoms with van der Waals surface area (Å²) in [7, 11) is 0. The van der Waals surface area contributed by atoms with Gasteiger partial charge in [-0.3, -0.25) is 14.9 Å². The first kappa shape index (κ1) is 18.2. The Balaban J connectivity index is 1.83. The van der Waals surface area contributed by atoms with Crippen molar-refractivity contribution >= 4 is 17.6 Å². The standard InChI is InChI=1S/C19H26N2O3/c1-2-6-17(19(23)24)20-13-18(22)21-16-11-9-15(10-12-16)14-7-4-3-5-8-14/h2,9-12,14,17,20H,1,3-8,13H2,(H,21,22)(H,23,24). The molecule has 1 fully saturated rings. The molecule has 0 heterocycles. The van der Waals surface area contributed by atoms with Gasteiger partial charge in [0.05, 0.1) is 6.54 Å². The minimum atomic E-state index is -0.987. The van der Waals surface area contributed by atoms with E-state index < -0.39 is 12.0 Å². The van der Waals surface area contributed by atoms with Crippen LogP contribution >= 0.6 is 0 Å². The van der Waals surface area contributed by atoms with Crippen LogP contribution in [0.5, 0.6) is 0 Å². The number of anilines is 1. The van der Waals surface area contributed by atoms with Gasteiger partial charge in [-0.1, -0.05) is 37.5 Å². The van der Waals surface area contributed by atoms with Crippen molar-refractivity contribution in [2.75, 3.05) is 11.9 Å². The Morgan fingerprint density at radius 1 is 1.21 bits per heavy atom. The Morgan fingerprint density at radius 2 is 1.88 bits per heavy atom. The normalized spacial score (nSPS) is 16.3. The Morgan fingerprint density at radius 3 is 2.46 bits per heavy atom. The maximum atomic E-state index is 11.9. The van der Waals surface area contributed by atoms with Crippen LogP contribution in [0.25, 0.3) is 0 Å². The Hall–Kier alpha value is -2.14. The molecule has 1 aliphatic rings. The number of carbonyl (C=O) groups excluding carboxylic acids is 1. The summed E-state index contributed by atoms with van der Waals surface area (Å²) in [5, 5.41) is 14.5. The van der Waals surface area contributed by atoms with E-state index in [0.29, 0.717) is 5.92 Å². The molecule has 5 heteroatoms. The summed E-state index contributed by atoms with van der Waals surface area (Å²) in [4.78, 5) is 22.9. The van der Waals surface area contributed by atoms with Crippen LogP contribution < -0.4 is 10.6 Å². The molecule has 1 aromatic carbocycles. The molecule has 5 nitrogen and oxygen atoms in total. The molecule has 0 saturated heterocycles. The van der Waals surface area contributed by atoms with Crippen LogP contribution in [0.2, 0.25) is 0 Å². The van der Waals surface area contributed by atoms with E-state index in [-0.39, 0.29) is 18.9 Å². The molecule has 0 radical (unpaired) electrons. The second-order valence-electron chi connectivity index (χ2n) is 6.30. The fraction of sp³-hybridized carbons (Fsp3) is 0.474.